The molecule has 2 heterocycles. The fourth-order valence-electron chi connectivity index (χ4n) is 5.32. The van der Waals surface area contributed by atoms with Gasteiger partial charge in [0.15, 0.2) is 17.7 Å². The van der Waals surface area contributed by atoms with E-state index in [1.54, 1.807) is 0 Å². The molecule has 12 heteroatoms. The summed E-state index contributed by atoms with van der Waals surface area (Å²) in [5.41, 5.74) is -2.30. The van der Waals surface area contributed by atoms with E-state index in [0.29, 0.717) is 26.2 Å². The van der Waals surface area contributed by atoms with Crippen molar-refractivity contribution in [3.8, 4) is 6.07 Å². The maximum atomic E-state index is 15.4. The zero-order valence-corrected chi connectivity index (χ0v) is 28.4. The van der Waals surface area contributed by atoms with Crippen LogP contribution in [0.1, 0.15) is 123 Å². The Balaban J connectivity index is 1.55. The van der Waals surface area contributed by atoms with Gasteiger partial charge in [-0.2, -0.15) is 5.26 Å². The number of halogens is 1. The smallest absolute Gasteiger partial charge is 0.332 e. The van der Waals surface area contributed by atoms with Crippen molar-refractivity contribution in [3.05, 3.63) is 12.3 Å². The van der Waals surface area contributed by atoms with Crippen molar-refractivity contribution in [3.63, 3.8) is 0 Å². The van der Waals surface area contributed by atoms with E-state index in [4.69, 9.17) is 28.3 Å². The molecule has 1 N–H and O–H groups in total. The number of unbranched alkanes of at least 4 members (excludes halogenated alkanes) is 13. The summed E-state index contributed by atoms with van der Waals surface area (Å²) in [5, 5.41) is 19.4. The van der Waals surface area contributed by atoms with Crippen LogP contribution in [0, 0.1) is 11.3 Å². The lowest BCUT2D eigenvalue weighted by molar-refractivity contribution is -0.150. The molecule has 0 aromatic rings. The van der Waals surface area contributed by atoms with Crippen LogP contribution >= 0.6 is 8.60 Å². The van der Waals surface area contributed by atoms with Gasteiger partial charge in [0.25, 0.3) is 0 Å². The molecule has 5 atom stereocenters. The number of nitrogens with zero attached hydrogens (tertiary/aromatic N) is 2. The number of ketones is 1. The van der Waals surface area contributed by atoms with E-state index in [1.807, 2.05) is 6.07 Å². The van der Waals surface area contributed by atoms with Gasteiger partial charge in [-0.15, -0.1) is 0 Å². The number of hydrogen-bond donors (Lipinski definition) is 1. The summed E-state index contributed by atoms with van der Waals surface area (Å²) in [6, 6.07) is 1.99. The molecule has 1 unspecified atom stereocenters. The quantitative estimate of drug-likeness (QED) is 0.0554. The molecule has 0 radical (unpaired) electrons. The molecular weight excluding hydrogens is 602 g/mol. The molecule has 1 fully saturated rings. The molecule has 45 heavy (non-hydrogen) atoms. The lowest BCUT2D eigenvalue weighted by atomic mass is 9.97. The maximum Gasteiger partial charge on any atom is 0.332 e. The zero-order valence-electron chi connectivity index (χ0n) is 27.5. The van der Waals surface area contributed by atoms with Crippen LogP contribution in [-0.2, 0) is 32.6 Å². The van der Waals surface area contributed by atoms with Crippen molar-refractivity contribution in [1.82, 2.24) is 4.90 Å². The fourth-order valence-corrected chi connectivity index (χ4v) is 6.33. The third-order valence-electron chi connectivity index (χ3n) is 8.03. The molecule has 2 aliphatic heterocycles. The molecule has 0 aromatic carbocycles. The van der Waals surface area contributed by atoms with Gasteiger partial charge in [-0.05, 0) is 25.8 Å². The first-order valence-electron chi connectivity index (χ1n) is 17.0. The van der Waals surface area contributed by atoms with Crippen molar-refractivity contribution < 1.29 is 42.1 Å². The Labute approximate surface area is 270 Å². The first kappa shape index (κ1) is 39.7. The van der Waals surface area contributed by atoms with E-state index in [1.165, 1.54) is 95.7 Å². The van der Waals surface area contributed by atoms with Gasteiger partial charge in [-0.25, -0.2) is 4.39 Å². The minimum atomic E-state index is -2.30. The maximum absolute atomic E-state index is 15.4. The Morgan fingerprint density at radius 1 is 0.933 bits per heavy atom. The predicted molar refractivity (Wildman–Crippen MR) is 171 cm³/mol. The van der Waals surface area contributed by atoms with E-state index >= 15 is 4.39 Å². The molecule has 2 aliphatic rings. The summed E-state index contributed by atoms with van der Waals surface area (Å²) in [6.07, 6.45) is 17.1. The highest BCUT2D eigenvalue weighted by Gasteiger charge is 2.57. The lowest BCUT2D eigenvalue weighted by Crippen LogP contribution is -2.51. The largest absolute Gasteiger partial charge is 0.387 e. The topological polar surface area (TPSA) is 128 Å². The van der Waals surface area contributed by atoms with E-state index in [2.05, 4.69) is 6.92 Å². The number of amides is 1. The standard InChI is InChI=1S/C33H56FN2O8P/c1-3-4-5-6-7-8-9-10-11-12-13-14-15-16-22-40-23-18-25-42-45(41-24-17-20-35)43-27-29-31(39)33(2,34)32(44-29)36-21-19-28(37)26-30(36)38/h19,21,29,31-32,39H,3-18,22-27H2,1-2H3/t29-,31-,32-,33-,45?/m1/s1. The predicted octanol–water partition coefficient (Wildman–Crippen LogP) is 7.19. The SMILES string of the molecule is CCCCCCCCCCCCCCCCOCCCOP(OCCC#N)OC[C@H]1O[C@@H](N2C=CC(=O)CC2=O)[C@](C)(F)[C@@H]1O. The van der Waals surface area contributed by atoms with E-state index in [0.717, 1.165) is 18.2 Å². The number of rotatable bonds is 27. The summed E-state index contributed by atoms with van der Waals surface area (Å²) < 4.78 is 43.8. The molecule has 1 amide bonds. The highest BCUT2D eigenvalue weighted by Crippen LogP contribution is 2.43. The summed E-state index contributed by atoms with van der Waals surface area (Å²) in [4.78, 5) is 24.8. The van der Waals surface area contributed by atoms with Gasteiger partial charge in [0.1, 0.15) is 12.2 Å². The minimum absolute atomic E-state index is 0.0937. The first-order valence-corrected chi connectivity index (χ1v) is 18.1. The fraction of sp³-hybridized carbons (Fsp3) is 0.848. The Hall–Kier alpha value is -1.51. The van der Waals surface area contributed by atoms with E-state index in [9.17, 15) is 14.7 Å². The van der Waals surface area contributed by atoms with Crippen molar-refractivity contribution in [2.45, 2.75) is 147 Å². The summed E-state index contributed by atoms with van der Waals surface area (Å²) >= 11 is 0. The molecule has 10 nitrogen and oxygen atoms in total. The second kappa shape index (κ2) is 23.8. The Kier molecular flexibility index (Phi) is 20.9. The molecule has 0 aliphatic carbocycles. The van der Waals surface area contributed by atoms with Gasteiger partial charge in [-0.3, -0.25) is 14.5 Å². The average molecular weight is 659 g/mol. The Morgan fingerprint density at radius 3 is 2.11 bits per heavy atom. The van der Waals surface area contributed by atoms with Crippen molar-refractivity contribution >= 4 is 20.3 Å². The van der Waals surface area contributed by atoms with Crippen LogP contribution in [0.2, 0.25) is 0 Å². The van der Waals surface area contributed by atoms with Crippen LogP contribution in [0.25, 0.3) is 0 Å². The number of nitriles is 1. The number of aliphatic hydroxyl groups excluding tert-OH is 1. The van der Waals surface area contributed by atoms with Crippen LogP contribution in [0.4, 0.5) is 4.39 Å². The zero-order chi connectivity index (χ0) is 32.8. The van der Waals surface area contributed by atoms with Gasteiger partial charge >= 0.3 is 8.60 Å². The summed E-state index contributed by atoms with van der Waals surface area (Å²) in [7, 11) is -1.89. The van der Waals surface area contributed by atoms with Gasteiger partial charge in [0.2, 0.25) is 5.91 Å². The molecule has 1 saturated heterocycles. The third kappa shape index (κ3) is 15.8. The van der Waals surface area contributed by atoms with Crippen molar-refractivity contribution in [2.75, 3.05) is 33.0 Å². The molecule has 0 bridgehead atoms. The molecular formula is C33H56FN2O8P. The lowest BCUT2D eigenvalue weighted by Gasteiger charge is -2.32. The first-order chi connectivity index (χ1) is 21.8. The third-order valence-corrected chi connectivity index (χ3v) is 9.18. The summed E-state index contributed by atoms with van der Waals surface area (Å²) in [6.45, 7) is 4.79. The van der Waals surface area contributed by atoms with Crippen LogP contribution in [0.5, 0.6) is 0 Å². The van der Waals surface area contributed by atoms with Gasteiger partial charge in [0, 0.05) is 19.4 Å². The minimum Gasteiger partial charge on any atom is -0.387 e. The highest BCUT2D eigenvalue weighted by molar-refractivity contribution is 7.41. The molecule has 0 spiro atoms. The Bertz CT molecular complexity index is 902. The van der Waals surface area contributed by atoms with Crippen LogP contribution in [0.15, 0.2) is 12.3 Å². The highest BCUT2D eigenvalue weighted by atomic mass is 31.2. The van der Waals surface area contributed by atoms with Gasteiger partial charge < -0.3 is 28.2 Å². The van der Waals surface area contributed by atoms with Crippen molar-refractivity contribution in [2.24, 2.45) is 0 Å². The summed E-state index contributed by atoms with van der Waals surface area (Å²) in [5.74, 6) is -0.991. The number of aliphatic hydroxyl groups is 1. The van der Waals surface area contributed by atoms with Crippen LogP contribution in [0.3, 0.4) is 0 Å². The van der Waals surface area contributed by atoms with Gasteiger partial charge in [0.05, 0.1) is 38.7 Å². The number of allylic oxidation sites excluding steroid dienone is 1. The van der Waals surface area contributed by atoms with Crippen molar-refractivity contribution in [1.29, 1.82) is 5.26 Å². The number of carbonyl (C=O) groups is 2. The molecule has 258 valence electrons. The number of hydrogen-bond acceptors (Lipinski definition) is 9. The monoisotopic (exact) mass is 658 g/mol. The number of alkyl halides is 1. The van der Waals surface area contributed by atoms with E-state index in [-0.39, 0.29) is 25.4 Å². The molecule has 0 aromatic heterocycles. The molecule has 0 saturated carbocycles. The second-order valence-electron chi connectivity index (χ2n) is 12.0. The number of ether oxygens (including phenoxy) is 2. The van der Waals surface area contributed by atoms with Crippen LogP contribution < -0.4 is 0 Å². The Morgan fingerprint density at radius 2 is 1.51 bits per heavy atom. The number of carbonyl (C=O) groups excluding carboxylic acids is 2. The second-order valence-corrected chi connectivity index (χ2v) is 13.3. The van der Waals surface area contributed by atoms with Gasteiger partial charge in [-0.1, -0.05) is 90.4 Å². The average Bonchev–Trinajstić information content (AvgIpc) is 3.24. The van der Waals surface area contributed by atoms with E-state index < -0.39 is 45.0 Å². The molecule has 2 rings (SSSR count). The van der Waals surface area contributed by atoms with Crippen LogP contribution in [-0.4, -0.2) is 78.8 Å². The normalized spacial score (nSPS) is 24.0.